The molecule has 0 saturated carbocycles. The minimum atomic E-state index is -0.869. The van der Waals surface area contributed by atoms with Gasteiger partial charge in [0.2, 0.25) is 0 Å². The van der Waals surface area contributed by atoms with Crippen LogP contribution in [0.5, 0.6) is 0 Å². The number of hydrogen-bond acceptors (Lipinski definition) is 2. The van der Waals surface area contributed by atoms with Gasteiger partial charge >= 0.3 is 0 Å². The number of rotatable bonds is 0. The highest BCUT2D eigenvalue weighted by Gasteiger charge is 2.36. The Labute approximate surface area is 72.2 Å². The Morgan fingerprint density at radius 2 is 1.91 bits per heavy atom. The third-order valence-electron chi connectivity index (χ3n) is 1.62. The molecule has 1 aliphatic heterocycles. The van der Waals surface area contributed by atoms with Crippen LogP contribution >= 0.6 is 12.2 Å². The van der Waals surface area contributed by atoms with Crippen molar-refractivity contribution in [2.45, 2.75) is 38.5 Å². The van der Waals surface area contributed by atoms with Crippen molar-refractivity contribution in [2.75, 3.05) is 0 Å². The number of aliphatic hydroxyl groups is 1. The number of nitrogens with one attached hydrogen (secondary N) is 2. The summed E-state index contributed by atoms with van der Waals surface area (Å²) < 4.78 is 0. The third kappa shape index (κ3) is 2.31. The van der Waals surface area contributed by atoms with Gasteiger partial charge in [-0.1, -0.05) is 0 Å². The second-order valence-corrected chi connectivity index (χ2v) is 4.32. The molecule has 1 saturated heterocycles. The first-order valence-electron chi connectivity index (χ1n) is 3.63. The Morgan fingerprint density at radius 1 is 1.36 bits per heavy atom. The van der Waals surface area contributed by atoms with Gasteiger partial charge in [-0.05, 0) is 33.0 Å². The Balaban J connectivity index is 2.74. The summed E-state index contributed by atoms with van der Waals surface area (Å²) in [6, 6.07) is 0. The average molecular weight is 174 g/mol. The van der Waals surface area contributed by atoms with Crippen molar-refractivity contribution < 1.29 is 5.11 Å². The number of hydrogen-bond donors (Lipinski definition) is 3. The molecule has 0 aromatic heterocycles. The Kier molecular flexibility index (Phi) is 1.84. The average Bonchev–Trinajstić information content (AvgIpc) is 1.49. The summed E-state index contributed by atoms with van der Waals surface area (Å²) in [5, 5.41) is 16.0. The first kappa shape index (κ1) is 8.74. The fourth-order valence-corrected chi connectivity index (χ4v) is 2.03. The van der Waals surface area contributed by atoms with Crippen LogP contribution in [0.3, 0.4) is 0 Å². The van der Waals surface area contributed by atoms with Gasteiger partial charge < -0.3 is 15.7 Å². The maximum atomic E-state index is 9.64. The van der Waals surface area contributed by atoms with Gasteiger partial charge in [0.05, 0.1) is 0 Å². The van der Waals surface area contributed by atoms with E-state index in [4.69, 9.17) is 12.2 Å². The van der Waals surface area contributed by atoms with Crippen molar-refractivity contribution in [3.8, 4) is 0 Å². The molecule has 1 rings (SSSR count). The molecule has 0 bridgehead atoms. The van der Waals surface area contributed by atoms with Gasteiger partial charge in [-0.3, -0.25) is 0 Å². The monoisotopic (exact) mass is 174 g/mol. The van der Waals surface area contributed by atoms with E-state index >= 15 is 0 Å². The Bertz CT molecular complexity index is 171. The van der Waals surface area contributed by atoms with Crippen LogP contribution in [0, 0.1) is 0 Å². The van der Waals surface area contributed by atoms with Crippen LogP contribution in [0.4, 0.5) is 0 Å². The first-order valence-corrected chi connectivity index (χ1v) is 4.04. The highest BCUT2D eigenvalue weighted by Crippen LogP contribution is 2.21. The predicted molar refractivity (Wildman–Crippen MR) is 48.2 cm³/mol. The van der Waals surface area contributed by atoms with Crippen LogP contribution in [0.25, 0.3) is 0 Å². The zero-order chi connectivity index (χ0) is 8.70. The van der Waals surface area contributed by atoms with Crippen LogP contribution < -0.4 is 10.6 Å². The minimum Gasteiger partial charge on any atom is -0.371 e. The van der Waals surface area contributed by atoms with Crippen molar-refractivity contribution in [3.63, 3.8) is 0 Å². The second kappa shape index (κ2) is 2.32. The fourth-order valence-electron chi connectivity index (χ4n) is 1.53. The highest BCUT2D eigenvalue weighted by atomic mass is 32.1. The molecule has 3 nitrogen and oxygen atoms in total. The zero-order valence-electron chi connectivity index (χ0n) is 7.06. The minimum absolute atomic E-state index is 0.119. The zero-order valence-corrected chi connectivity index (χ0v) is 7.88. The van der Waals surface area contributed by atoms with Gasteiger partial charge in [0.25, 0.3) is 0 Å². The fraction of sp³-hybridized carbons (Fsp3) is 0.857. The molecule has 11 heavy (non-hydrogen) atoms. The topological polar surface area (TPSA) is 44.3 Å². The molecule has 1 atom stereocenters. The summed E-state index contributed by atoms with van der Waals surface area (Å²) in [5.74, 6) is 0. The van der Waals surface area contributed by atoms with E-state index < -0.39 is 5.72 Å². The van der Waals surface area contributed by atoms with Gasteiger partial charge in [0.15, 0.2) is 5.11 Å². The lowest BCUT2D eigenvalue weighted by Crippen LogP contribution is -2.64. The summed E-state index contributed by atoms with van der Waals surface area (Å²) in [6.07, 6.45) is 0.639. The van der Waals surface area contributed by atoms with E-state index in [0.29, 0.717) is 11.5 Å². The van der Waals surface area contributed by atoms with E-state index in [0.717, 1.165) is 0 Å². The molecular formula is C7H14N2OS. The van der Waals surface area contributed by atoms with E-state index in [1.165, 1.54) is 0 Å². The highest BCUT2D eigenvalue weighted by molar-refractivity contribution is 7.80. The molecule has 0 aromatic rings. The van der Waals surface area contributed by atoms with Gasteiger partial charge in [0, 0.05) is 12.0 Å². The van der Waals surface area contributed by atoms with E-state index in [-0.39, 0.29) is 5.54 Å². The van der Waals surface area contributed by atoms with Crippen molar-refractivity contribution in [1.29, 1.82) is 0 Å². The Hall–Kier alpha value is -0.350. The van der Waals surface area contributed by atoms with Crippen LogP contribution in [0.15, 0.2) is 0 Å². The molecule has 0 radical (unpaired) electrons. The molecule has 1 heterocycles. The van der Waals surface area contributed by atoms with Crippen LogP contribution in [-0.2, 0) is 0 Å². The van der Waals surface area contributed by atoms with Crippen molar-refractivity contribution in [2.24, 2.45) is 0 Å². The second-order valence-electron chi connectivity index (χ2n) is 3.91. The normalized spacial score (nSPS) is 35.8. The summed E-state index contributed by atoms with van der Waals surface area (Å²) in [7, 11) is 0. The molecule has 0 aliphatic carbocycles. The van der Waals surface area contributed by atoms with Gasteiger partial charge in [-0.15, -0.1) is 0 Å². The van der Waals surface area contributed by atoms with Crippen LogP contribution in [0.2, 0.25) is 0 Å². The van der Waals surface area contributed by atoms with Gasteiger partial charge in [-0.2, -0.15) is 0 Å². The quantitative estimate of drug-likeness (QED) is 0.463. The molecule has 64 valence electrons. The molecule has 0 spiro atoms. The largest absolute Gasteiger partial charge is 0.371 e. The predicted octanol–water partition coefficient (Wildman–Crippen LogP) is 0.341. The third-order valence-corrected chi connectivity index (χ3v) is 1.83. The van der Waals surface area contributed by atoms with Crippen LogP contribution in [0.1, 0.15) is 27.2 Å². The van der Waals surface area contributed by atoms with E-state index in [9.17, 15) is 5.11 Å². The standard InChI is InChI=1S/C7H14N2OS/c1-6(2)4-7(3,10)9-5(11)8-6/h10H,4H2,1-3H3,(H2,8,9,11). The smallest absolute Gasteiger partial charge is 0.168 e. The summed E-state index contributed by atoms with van der Waals surface area (Å²) in [6.45, 7) is 5.74. The van der Waals surface area contributed by atoms with Gasteiger partial charge in [0.1, 0.15) is 5.72 Å². The molecule has 1 fully saturated rings. The number of thiocarbonyl (C=S) groups is 1. The van der Waals surface area contributed by atoms with E-state index in [2.05, 4.69) is 10.6 Å². The van der Waals surface area contributed by atoms with E-state index in [1.807, 2.05) is 13.8 Å². The maximum absolute atomic E-state index is 9.64. The van der Waals surface area contributed by atoms with Crippen molar-refractivity contribution in [3.05, 3.63) is 0 Å². The molecule has 1 aliphatic rings. The molecule has 1 unspecified atom stereocenters. The lowest BCUT2D eigenvalue weighted by atomic mass is 9.92. The molecule has 0 amide bonds. The SMILES string of the molecule is CC1(C)CC(C)(O)NC(=S)N1. The molecule has 0 aromatic carbocycles. The summed E-state index contributed by atoms with van der Waals surface area (Å²) in [5.41, 5.74) is -0.988. The molecular weight excluding hydrogens is 160 g/mol. The lowest BCUT2D eigenvalue weighted by Gasteiger charge is -2.42. The van der Waals surface area contributed by atoms with Gasteiger partial charge in [-0.25, -0.2) is 0 Å². The van der Waals surface area contributed by atoms with Crippen molar-refractivity contribution in [1.82, 2.24) is 10.6 Å². The van der Waals surface area contributed by atoms with E-state index in [1.54, 1.807) is 6.92 Å². The van der Waals surface area contributed by atoms with Crippen molar-refractivity contribution >= 4 is 17.3 Å². The Morgan fingerprint density at radius 3 is 2.27 bits per heavy atom. The summed E-state index contributed by atoms with van der Waals surface area (Å²) >= 11 is 4.92. The lowest BCUT2D eigenvalue weighted by molar-refractivity contribution is 0.00303. The van der Waals surface area contributed by atoms with Crippen LogP contribution in [-0.4, -0.2) is 21.5 Å². The first-order chi connectivity index (χ1) is 4.81. The molecule has 4 heteroatoms. The maximum Gasteiger partial charge on any atom is 0.168 e. The summed E-state index contributed by atoms with van der Waals surface area (Å²) in [4.78, 5) is 0. The molecule has 3 N–H and O–H groups in total.